The molecule has 3 heterocycles. The fourth-order valence-corrected chi connectivity index (χ4v) is 5.38. The van der Waals surface area contributed by atoms with E-state index in [0.29, 0.717) is 6.54 Å². The lowest BCUT2D eigenvalue weighted by atomic mass is 10.0. The quantitative estimate of drug-likeness (QED) is 0.487. The molecule has 2 aliphatic rings. The van der Waals surface area contributed by atoms with Gasteiger partial charge in [0.05, 0.1) is 35.1 Å². The highest BCUT2D eigenvalue weighted by molar-refractivity contribution is 6.33. The smallest absolute Gasteiger partial charge is 0.262 e. The molecule has 9 heteroatoms. The number of fused-ring (bicyclic) bond motifs is 1. The summed E-state index contributed by atoms with van der Waals surface area (Å²) in [7, 11) is 1.88. The van der Waals surface area contributed by atoms with Gasteiger partial charge < -0.3 is 14.8 Å². The molecule has 5 rings (SSSR count). The predicted octanol–water partition coefficient (Wildman–Crippen LogP) is 3.97. The molecule has 0 aliphatic carbocycles. The van der Waals surface area contributed by atoms with Gasteiger partial charge in [-0.1, -0.05) is 48.0 Å². The average Bonchev–Trinajstić information content (AvgIpc) is 3.57. The molecular formula is C28H29ClFN5O2. The summed E-state index contributed by atoms with van der Waals surface area (Å²) in [6.45, 7) is 2.86. The third-order valence-corrected chi connectivity index (χ3v) is 7.27. The van der Waals surface area contributed by atoms with Crippen molar-refractivity contribution in [1.29, 1.82) is 0 Å². The van der Waals surface area contributed by atoms with Crippen LogP contribution in [-0.2, 0) is 18.3 Å². The van der Waals surface area contributed by atoms with Crippen molar-refractivity contribution in [3.05, 3.63) is 100 Å². The Morgan fingerprint density at radius 3 is 2.68 bits per heavy atom. The zero-order chi connectivity index (χ0) is 25.9. The number of rotatable bonds is 8. The lowest BCUT2D eigenvalue weighted by Gasteiger charge is -2.24. The predicted molar refractivity (Wildman–Crippen MR) is 139 cm³/mol. The van der Waals surface area contributed by atoms with Gasteiger partial charge in [-0.25, -0.2) is 9.37 Å². The first kappa shape index (κ1) is 25.2. The fourth-order valence-electron chi connectivity index (χ4n) is 5.14. The number of halogens is 2. The van der Waals surface area contributed by atoms with E-state index in [1.807, 2.05) is 54.3 Å². The number of benzene rings is 2. The maximum atomic E-state index is 14.2. The number of nitrogens with one attached hydrogen (secondary N) is 1. The highest BCUT2D eigenvalue weighted by atomic mass is 35.5. The second-order valence-corrected chi connectivity index (χ2v) is 10.1. The van der Waals surface area contributed by atoms with Gasteiger partial charge in [0.2, 0.25) is 5.91 Å². The number of carbonyl (C=O) groups excluding carboxylic acids is 2. The van der Waals surface area contributed by atoms with Crippen LogP contribution in [0.15, 0.2) is 72.8 Å². The Morgan fingerprint density at radius 2 is 1.97 bits per heavy atom. The lowest BCUT2D eigenvalue weighted by molar-refractivity contribution is -0.121. The Kier molecular flexibility index (Phi) is 7.39. The van der Waals surface area contributed by atoms with Gasteiger partial charge in [0.1, 0.15) is 5.82 Å². The van der Waals surface area contributed by atoms with Crippen LogP contribution < -0.4 is 5.32 Å². The SMILES string of the molecule is Cn1cnc(CC(=O)N[C@@H](CCN2CC3=CN(C(=O)c4c(F)cccc4Cl)CC3C2)c2ccccc2)c1. The van der Waals surface area contributed by atoms with E-state index in [1.54, 1.807) is 11.2 Å². The summed E-state index contributed by atoms with van der Waals surface area (Å²) in [6, 6.07) is 14.1. The van der Waals surface area contributed by atoms with Gasteiger partial charge in [-0.2, -0.15) is 0 Å². The van der Waals surface area contributed by atoms with Crippen LogP contribution in [-0.4, -0.2) is 57.3 Å². The monoisotopic (exact) mass is 521 g/mol. The minimum atomic E-state index is -0.605. The third kappa shape index (κ3) is 5.76. The summed E-state index contributed by atoms with van der Waals surface area (Å²) >= 11 is 6.10. The molecule has 1 fully saturated rings. The lowest BCUT2D eigenvalue weighted by Crippen LogP contribution is -2.34. The Morgan fingerprint density at radius 1 is 1.16 bits per heavy atom. The Labute approximate surface area is 220 Å². The second-order valence-electron chi connectivity index (χ2n) is 9.72. The van der Waals surface area contributed by atoms with Crippen molar-refractivity contribution in [3.8, 4) is 0 Å². The summed E-state index contributed by atoms with van der Waals surface area (Å²) in [5, 5.41) is 3.31. The van der Waals surface area contributed by atoms with Crippen LogP contribution in [0, 0.1) is 11.7 Å². The van der Waals surface area contributed by atoms with Crippen LogP contribution >= 0.6 is 11.6 Å². The number of amides is 2. The van der Waals surface area contributed by atoms with Crippen LogP contribution in [0.4, 0.5) is 4.39 Å². The number of aromatic nitrogens is 2. The standard InChI is InChI=1S/C28H29ClFN5O2/c1-33-17-22(31-18-33)12-26(36)32-25(19-6-3-2-4-7-19)10-11-34-13-20-15-35(16-21(20)14-34)28(37)27-23(29)8-5-9-24(27)30/h2-9,15,17-18,21,25H,10-14,16H2,1H3,(H,32,36)/t21?,25-/m0/s1. The maximum absolute atomic E-state index is 14.2. The number of hydrogen-bond acceptors (Lipinski definition) is 4. The Bertz CT molecular complexity index is 1300. The van der Waals surface area contributed by atoms with Crippen molar-refractivity contribution in [1.82, 2.24) is 24.7 Å². The van der Waals surface area contributed by atoms with Crippen molar-refractivity contribution < 1.29 is 14.0 Å². The first-order chi connectivity index (χ1) is 17.9. The van der Waals surface area contributed by atoms with Gasteiger partial charge in [0, 0.05) is 51.5 Å². The Balaban J connectivity index is 1.20. The van der Waals surface area contributed by atoms with Crippen LogP contribution in [0.2, 0.25) is 5.02 Å². The molecule has 192 valence electrons. The molecule has 1 saturated heterocycles. The van der Waals surface area contributed by atoms with Gasteiger partial charge in [-0.15, -0.1) is 0 Å². The number of hydrogen-bond donors (Lipinski definition) is 1. The number of carbonyl (C=O) groups is 2. The first-order valence-corrected chi connectivity index (χ1v) is 12.7. The van der Waals surface area contributed by atoms with Crippen molar-refractivity contribution >= 4 is 23.4 Å². The van der Waals surface area contributed by atoms with Crippen LogP contribution in [0.1, 0.15) is 34.1 Å². The second kappa shape index (κ2) is 10.9. The van der Waals surface area contributed by atoms with E-state index in [-0.39, 0.29) is 34.9 Å². The van der Waals surface area contributed by atoms with Crippen LogP contribution in [0.5, 0.6) is 0 Å². The van der Waals surface area contributed by atoms with Crippen LogP contribution in [0.3, 0.4) is 0 Å². The molecule has 2 amide bonds. The van der Waals surface area contributed by atoms with Gasteiger partial charge in [-0.3, -0.25) is 14.5 Å². The number of imidazole rings is 1. The van der Waals surface area contributed by atoms with E-state index in [4.69, 9.17) is 11.6 Å². The summed E-state index contributed by atoms with van der Waals surface area (Å²) in [5.41, 5.74) is 2.89. The summed E-state index contributed by atoms with van der Waals surface area (Å²) < 4.78 is 16.1. The Hall–Kier alpha value is -3.49. The van der Waals surface area contributed by atoms with E-state index in [0.717, 1.165) is 42.9 Å². The number of nitrogens with zero attached hydrogens (tertiary/aromatic N) is 4. The van der Waals surface area contributed by atoms with Gasteiger partial charge in [-0.05, 0) is 29.7 Å². The molecule has 0 bridgehead atoms. The summed E-state index contributed by atoms with van der Waals surface area (Å²) in [5.74, 6) is -0.860. The highest BCUT2D eigenvalue weighted by Gasteiger charge is 2.36. The topological polar surface area (TPSA) is 70.5 Å². The van der Waals surface area contributed by atoms with Crippen molar-refractivity contribution in [3.63, 3.8) is 0 Å². The molecule has 0 saturated carbocycles. The molecule has 1 N–H and O–H groups in total. The molecule has 37 heavy (non-hydrogen) atoms. The van der Waals surface area contributed by atoms with Gasteiger partial charge >= 0.3 is 0 Å². The molecule has 3 aromatic rings. The summed E-state index contributed by atoms with van der Waals surface area (Å²) in [6.07, 6.45) is 6.38. The third-order valence-electron chi connectivity index (χ3n) is 6.96. The van der Waals surface area contributed by atoms with Gasteiger partial charge in [0.25, 0.3) is 5.91 Å². The minimum absolute atomic E-state index is 0.0606. The largest absolute Gasteiger partial charge is 0.349 e. The fraction of sp³-hybridized carbons (Fsp3) is 0.321. The minimum Gasteiger partial charge on any atom is -0.349 e. The van der Waals surface area contributed by atoms with Crippen LogP contribution in [0.25, 0.3) is 0 Å². The molecule has 1 unspecified atom stereocenters. The normalized spacial score (nSPS) is 18.0. The van der Waals surface area contributed by atoms with Crippen molar-refractivity contribution in [2.75, 3.05) is 26.2 Å². The molecule has 2 aliphatic heterocycles. The zero-order valence-electron chi connectivity index (χ0n) is 20.6. The number of aryl methyl sites for hydroxylation is 1. The molecule has 7 nitrogen and oxygen atoms in total. The molecular weight excluding hydrogens is 493 g/mol. The van der Waals surface area contributed by atoms with E-state index in [1.165, 1.54) is 18.2 Å². The molecule has 0 radical (unpaired) electrons. The first-order valence-electron chi connectivity index (χ1n) is 12.4. The van der Waals surface area contributed by atoms with E-state index in [9.17, 15) is 14.0 Å². The van der Waals surface area contributed by atoms with Gasteiger partial charge in [0.15, 0.2) is 0 Å². The molecule has 2 aromatic carbocycles. The van der Waals surface area contributed by atoms with E-state index < -0.39 is 11.7 Å². The maximum Gasteiger partial charge on any atom is 0.262 e. The zero-order valence-corrected chi connectivity index (χ0v) is 21.4. The highest BCUT2D eigenvalue weighted by Crippen LogP contribution is 2.32. The van der Waals surface area contributed by atoms with E-state index >= 15 is 0 Å². The van der Waals surface area contributed by atoms with Crippen molar-refractivity contribution in [2.45, 2.75) is 18.9 Å². The van der Waals surface area contributed by atoms with Crippen molar-refractivity contribution in [2.24, 2.45) is 13.0 Å². The summed E-state index contributed by atoms with van der Waals surface area (Å²) in [4.78, 5) is 33.8. The molecule has 2 atom stereocenters. The van der Waals surface area contributed by atoms with E-state index in [2.05, 4.69) is 15.2 Å². The number of likely N-dealkylation sites (tertiary alicyclic amines) is 1. The average molecular weight is 522 g/mol. The molecule has 1 aromatic heterocycles. The molecule has 0 spiro atoms.